The van der Waals surface area contributed by atoms with Gasteiger partial charge in [0, 0.05) is 43.9 Å². The Kier molecular flexibility index (Phi) is 11.1. The van der Waals surface area contributed by atoms with Crippen LogP contribution in [0.25, 0.3) is 0 Å². The Balaban J connectivity index is 0.904. The van der Waals surface area contributed by atoms with Crippen LogP contribution in [-0.4, -0.2) is 109 Å². The number of carbonyl (C=O) groups excluding carboxylic acids is 6. The Morgan fingerprint density at radius 3 is 2.52 bits per heavy atom. The van der Waals surface area contributed by atoms with Gasteiger partial charge in [-0.05, 0) is 56.0 Å². The summed E-state index contributed by atoms with van der Waals surface area (Å²) in [6.45, 7) is 3.00. The zero-order valence-electron chi connectivity index (χ0n) is 31.6. The number of hydrogen-bond acceptors (Lipinski definition) is 13. The van der Waals surface area contributed by atoms with E-state index in [1.807, 2.05) is 6.92 Å². The van der Waals surface area contributed by atoms with Crippen LogP contribution in [0.3, 0.4) is 0 Å². The summed E-state index contributed by atoms with van der Waals surface area (Å²) in [6.07, 6.45) is 6.73. The Morgan fingerprint density at radius 2 is 1.77 bits per heavy atom. The number of imide groups is 2. The summed E-state index contributed by atoms with van der Waals surface area (Å²) >= 11 is 0. The lowest BCUT2D eigenvalue weighted by Gasteiger charge is -2.43. The minimum absolute atomic E-state index is 0.0417. The van der Waals surface area contributed by atoms with E-state index in [1.54, 1.807) is 48.5 Å². The number of likely N-dealkylation sites (N-methyl/N-ethyl adjacent to an activating group) is 1. The number of ether oxygens (including phenoxy) is 2. The molecule has 56 heavy (non-hydrogen) atoms. The molecule has 0 spiro atoms. The maximum Gasteiger partial charge on any atom is 0.264 e. The van der Waals surface area contributed by atoms with Gasteiger partial charge in [0.15, 0.2) is 5.82 Å². The van der Waals surface area contributed by atoms with Crippen molar-refractivity contribution < 1.29 is 38.2 Å². The Labute approximate surface area is 323 Å². The van der Waals surface area contributed by atoms with Gasteiger partial charge in [0.1, 0.15) is 23.5 Å². The molecule has 7 rings (SSSR count). The number of carbonyl (C=O) groups is 6. The number of fused-ring (bicyclic) bond motifs is 2. The molecule has 17 heteroatoms. The number of rotatable bonds is 14. The zero-order chi connectivity index (χ0) is 39.5. The molecule has 294 valence electrons. The molecule has 0 radical (unpaired) electrons. The number of aromatic nitrogens is 2. The van der Waals surface area contributed by atoms with Crippen molar-refractivity contribution in [2.24, 2.45) is 0 Å². The third-order valence-corrected chi connectivity index (χ3v) is 10.7. The molecule has 0 bridgehead atoms. The van der Waals surface area contributed by atoms with Gasteiger partial charge in [0.05, 0.1) is 43.3 Å². The third-order valence-electron chi connectivity index (χ3n) is 10.7. The highest BCUT2D eigenvalue weighted by atomic mass is 16.5. The first-order valence-electron chi connectivity index (χ1n) is 18.9. The van der Waals surface area contributed by atoms with Gasteiger partial charge in [0.2, 0.25) is 23.7 Å². The van der Waals surface area contributed by atoms with E-state index in [0.717, 1.165) is 36.4 Å². The first kappa shape index (κ1) is 38.2. The highest BCUT2D eigenvalue weighted by Crippen LogP contribution is 2.40. The van der Waals surface area contributed by atoms with Crippen LogP contribution in [0.1, 0.15) is 82.9 Å². The van der Waals surface area contributed by atoms with Crippen molar-refractivity contribution in [2.75, 3.05) is 60.9 Å². The molecule has 1 saturated carbocycles. The second-order valence-corrected chi connectivity index (χ2v) is 14.1. The van der Waals surface area contributed by atoms with Crippen molar-refractivity contribution in [3.63, 3.8) is 0 Å². The van der Waals surface area contributed by atoms with Crippen molar-refractivity contribution in [1.29, 1.82) is 0 Å². The molecule has 4 aliphatic rings. The Morgan fingerprint density at radius 1 is 0.982 bits per heavy atom. The van der Waals surface area contributed by atoms with Gasteiger partial charge in [-0.15, -0.1) is 0 Å². The number of methoxy groups -OCH3 is 1. The fraction of sp³-hybridized carbons (Fsp3) is 0.436. The van der Waals surface area contributed by atoms with E-state index in [9.17, 15) is 28.8 Å². The average Bonchev–Trinajstić information content (AvgIpc) is 3.82. The van der Waals surface area contributed by atoms with Crippen LogP contribution in [0.2, 0.25) is 0 Å². The van der Waals surface area contributed by atoms with Crippen LogP contribution in [-0.2, 0) is 19.1 Å². The number of nitrogens with one attached hydrogen (secondary N) is 4. The highest BCUT2D eigenvalue weighted by molar-refractivity contribution is 6.25. The molecule has 4 N–H and O–H groups in total. The molecule has 1 aliphatic carbocycles. The Hall–Kier alpha value is -6.10. The molecule has 2 aromatic carbocycles. The van der Waals surface area contributed by atoms with E-state index < -0.39 is 29.7 Å². The van der Waals surface area contributed by atoms with E-state index in [1.165, 1.54) is 13.2 Å². The van der Waals surface area contributed by atoms with Crippen LogP contribution in [0.4, 0.5) is 28.8 Å². The lowest BCUT2D eigenvalue weighted by molar-refractivity contribution is -0.136. The monoisotopic (exact) mass is 767 g/mol. The lowest BCUT2D eigenvalue weighted by Crippen LogP contribution is -2.55. The van der Waals surface area contributed by atoms with Crippen LogP contribution in [0, 0.1) is 0 Å². The van der Waals surface area contributed by atoms with E-state index in [4.69, 9.17) is 14.5 Å². The second-order valence-electron chi connectivity index (χ2n) is 14.1. The van der Waals surface area contributed by atoms with Crippen molar-refractivity contribution in [3.8, 4) is 5.75 Å². The maximum atomic E-state index is 13.3. The molecule has 6 amide bonds. The van der Waals surface area contributed by atoms with Crippen LogP contribution in [0.15, 0.2) is 42.6 Å². The fourth-order valence-corrected chi connectivity index (χ4v) is 7.86. The van der Waals surface area contributed by atoms with Crippen molar-refractivity contribution in [2.45, 2.75) is 70.0 Å². The minimum Gasteiger partial charge on any atom is -0.495 e. The SMILES string of the molecule is CCC1C(=O)N(C)c2cnc(Nc3ccc(C(=O)NCCOCCNc4cccc5c4C(=O)N(C4CCC(=O)NC4=O)C5=O)cc3OC)nc2N1C1CCCC1. The van der Waals surface area contributed by atoms with Crippen molar-refractivity contribution in [3.05, 3.63) is 59.3 Å². The first-order valence-corrected chi connectivity index (χ1v) is 18.9. The standard InChI is InChI=1S/C39H45N9O8/c1-4-27-37(53)46(2)29-21-42-39(45-33(29)47(27)23-8-5-6-9-23)43-25-13-12-22(20-30(25)55-3)34(50)41-17-19-56-18-16-40-26-11-7-10-24-32(26)38(54)48(36(24)52)28-14-15-31(49)44-35(28)51/h7,10-13,20-21,23,27-28,40H,4-6,8-9,14-19H2,1-3H3,(H,41,50)(H,42,43,45)(H,44,49,51). The normalized spacial score (nSPS) is 19.6. The van der Waals surface area contributed by atoms with E-state index in [0.29, 0.717) is 47.3 Å². The molecule has 4 heterocycles. The summed E-state index contributed by atoms with van der Waals surface area (Å²) in [7, 11) is 3.27. The molecule has 1 saturated heterocycles. The number of anilines is 5. The van der Waals surface area contributed by atoms with Gasteiger partial charge < -0.3 is 35.2 Å². The predicted octanol–water partition coefficient (Wildman–Crippen LogP) is 2.99. The molecule has 2 fully saturated rings. The summed E-state index contributed by atoms with van der Waals surface area (Å²) in [5.74, 6) is -1.07. The van der Waals surface area contributed by atoms with Gasteiger partial charge in [-0.1, -0.05) is 25.8 Å². The number of hydrogen-bond donors (Lipinski definition) is 4. The third kappa shape index (κ3) is 7.33. The molecular weight excluding hydrogens is 722 g/mol. The van der Waals surface area contributed by atoms with Gasteiger partial charge in [0.25, 0.3) is 17.7 Å². The Bertz CT molecular complexity index is 2070. The van der Waals surface area contributed by atoms with Crippen LogP contribution < -0.4 is 35.8 Å². The molecule has 17 nitrogen and oxygen atoms in total. The zero-order valence-corrected chi connectivity index (χ0v) is 31.6. The molecule has 2 atom stereocenters. The van der Waals surface area contributed by atoms with Gasteiger partial charge in [-0.25, -0.2) is 4.98 Å². The number of piperidine rings is 1. The molecular formula is C39H45N9O8. The largest absolute Gasteiger partial charge is 0.495 e. The van der Waals surface area contributed by atoms with Gasteiger partial charge in [-0.2, -0.15) is 4.98 Å². The topological polar surface area (TPSA) is 204 Å². The quantitative estimate of drug-likeness (QED) is 0.138. The minimum atomic E-state index is -1.05. The van der Waals surface area contributed by atoms with E-state index in [2.05, 4.69) is 31.2 Å². The molecule has 3 aliphatic heterocycles. The predicted molar refractivity (Wildman–Crippen MR) is 205 cm³/mol. The van der Waals surface area contributed by atoms with Crippen molar-refractivity contribution in [1.82, 2.24) is 25.5 Å². The summed E-state index contributed by atoms with van der Waals surface area (Å²) in [5.41, 5.74) is 2.40. The van der Waals surface area contributed by atoms with E-state index in [-0.39, 0.29) is 67.6 Å². The molecule has 1 aromatic heterocycles. The summed E-state index contributed by atoms with van der Waals surface area (Å²) in [5, 5.41) is 11.4. The fourth-order valence-electron chi connectivity index (χ4n) is 7.86. The number of nitrogens with zero attached hydrogens (tertiary/aromatic N) is 5. The van der Waals surface area contributed by atoms with Gasteiger partial charge >= 0.3 is 0 Å². The van der Waals surface area contributed by atoms with Crippen LogP contribution in [0.5, 0.6) is 5.75 Å². The second kappa shape index (κ2) is 16.3. The van der Waals surface area contributed by atoms with Crippen molar-refractivity contribution >= 4 is 64.3 Å². The average molecular weight is 768 g/mol. The summed E-state index contributed by atoms with van der Waals surface area (Å²) in [6, 6.07) is 8.76. The highest BCUT2D eigenvalue weighted by Gasteiger charge is 2.46. The number of amides is 6. The van der Waals surface area contributed by atoms with Crippen LogP contribution >= 0.6 is 0 Å². The molecule has 2 unspecified atom stereocenters. The smallest absolute Gasteiger partial charge is 0.264 e. The maximum absolute atomic E-state index is 13.3. The van der Waals surface area contributed by atoms with Gasteiger partial charge in [-0.3, -0.25) is 39.0 Å². The number of benzene rings is 2. The summed E-state index contributed by atoms with van der Waals surface area (Å²) in [4.78, 5) is 90.7. The first-order chi connectivity index (χ1) is 27.1. The summed E-state index contributed by atoms with van der Waals surface area (Å²) < 4.78 is 11.3. The lowest BCUT2D eigenvalue weighted by atomic mass is 10.0. The molecule has 3 aromatic rings. The van der Waals surface area contributed by atoms with E-state index >= 15 is 0 Å².